The lowest BCUT2D eigenvalue weighted by atomic mass is 9.84. The lowest BCUT2D eigenvalue weighted by Gasteiger charge is -2.46. The van der Waals surface area contributed by atoms with Crippen molar-refractivity contribution < 1.29 is 57.2 Å². The Labute approximate surface area is 331 Å². The predicted molar refractivity (Wildman–Crippen MR) is 212 cm³/mol. The van der Waals surface area contributed by atoms with Gasteiger partial charge in [-0.3, -0.25) is 0 Å². The standard InChI is InChI=1S/C44H60N2O10/c1-45(21-16-34-27-35(30-47)36(31-48)28-37(34)38(45)24-32-10-12-39(51-2)41(25-32)53-4)17-8-22-55-43(49)14-15-44(50)56-23-9-20-46(18-6-7-19-46)29-33-11-13-40(52-3)42(26-33)54-5/h10-15,25-28,38,47-48H,6-9,16-24,29-31H2,1-5H3/q+2/b15-14-/t38-,45-/m1/s1. The van der Waals surface area contributed by atoms with Crippen molar-refractivity contribution in [3.63, 3.8) is 0 Å². The molecule has 12 nitrogen and oxygen atoms in total. The van der Waals surface area contributed by atoms with Gasteiger partial charge in [0.05, 0.1) is 94.6 Å². The molecule has 1 fully saturated rings. The molecule has 0 aromatic heterocycles. The van der Waals surface area contributed by atoms with E-state index >= 15 is 0 Å². The van der Waals surface area contributed by atoms with Crippen LogP contribution in [0.2, 0.25) is 0 Å². The smallest absolute Gasteiger partial charge is 0.331 e. The Morgan fingerprint density at radius 2 is 1.23 bits per heavy atom. The fourth-order valence-corrected chi connectivity index (χ4v) is 8.51. The number of benzene rings is 3. The SMILES string of the molecule is COc1ccc(C[C@@H]2c3cc(CO)c(CO)cc3CC[N@@+]2(C)CCCOC(=O)/C=C\C(=O)OCCC[N+]2(Cc3ccc(OC)c(OC)c3)CCCC2)cc1OC. The summed E-state index contributed by atoms with van der Waals surface area (Å²) in [7, 11) is 8.73. The first-order valence-corrected chi connectivity index (χ1v) is 19.6. The molecule has 3 aromatic rings. The Morgan fingerprint density at radius 3 is 1.80 bits per heavy atom. The molecule has 5 rings (SSSR count). The van der Waals surface area contributed by atoms with Crippen LogP contribution in [0.5, 0.6) is 23.0 Å². The molecule has 2 aliphatic heterocycles. The molecule has 0 bridgehead atoms. The maximum Gasteiger partial charge on any atom is 0.331 e. The van der Waals surface area contributed by atoms with E-state index in [9.17, 15) is 19.8 Å². The van der Waals surface area contributed by atoms with Gasteiger partial charge in [-0.2, -0.15) is 0 Å². The molecule has 0 radical (unpaired) electrons. The van der Waals surface area contributed by atoms with Crippen molar-refractivity contribution in [2.45, 2.75) is 64.3 Å². The molecule has 3 aromatic carbocycles. The molecule has 0 unspecified atom stereocenters. The van der Waals surface area contributed by atoms with E-state index in [-0.39, 0.29) is 32.5 Å². The van der Waals surface area contributed by atoms with Gasteiger partial charge >= 0.3 is 11.9 Å². The quantitative estimate of drug-likeness (QED) is 0.0682. The Kier molecular flexibility index (Phi) is 15.2. The highest BCUT2D eigenvalue weighted by Crippen LogP contribution is 2.40. The first kappa shape index (κ1) is 42.5. The van der Waals surface area contributed by atoms with E-state index in [1.165, 1.54) is 24.0 Å². The van der Waals surface area contributed by atoms with Gasteiger partial charge in [0, 0.05) is 61.8 Å². The number of aliphatic hydroxyl groups is 2. The minimum atomic E-state index is -0.587. The van der Waals surface area contributed by atoms with Crippen molar-refractivity contribution >= 4 is 11.9 Å². The number of carbonyl (C=O) groups excluding carboxylic acids is 2. The van der Waals surface area contributed by atoms with Crippen molar-refractivity contribution in [2.75, 3.05) is 81.4 Å². The van der Waals surface area contributed by atoms with Crippen LogP contribution < -0.4 is 18.9 Å². The molecule has 0 saturated carbocycles. The molecule has 56 heavy (non-hydrogen) atoms. The Bertz CT molecular complexity index is 1820. The molecule has 0 spiro atoms. The zero-order chi connectivity index (χ0) is 40.1. The highest BCUT2D eigenvalue weighted by molar-refractivity contribution is 5.91. The lowest BCUT2D eigenvalue weighted by Crippen LogP contribution is -2.52. The van der Waals surface area contributed by atoms with Crippen LogP contribution in [-0.4, -0.2) is 113 Å². The number of fused-ring (bicyclic) bond motifs is 1. The van der Waals surface area contributed by atoms with Crippen LogP contribution in [0.15, 0.2) is 60.7 Å². The fraction of sp³-hybridized carbons (Fsp3) is 0.500. The van der Waals surface area contributed by atoms with E-state index in [0.29, 0.717) is 34.6 Å². The van der Waals surface area contributed by atoms with Crippen molar-refractivity contribution in [3.8, 4) is 23.0 Å². The number of nitrogens with zero attached hydrogens (tertiary/aromatic N) is 2. The summed E-state index contributed by atoms with van der Waals surface area (Å²) >= 11 is 0. The van der Waals surface area contributed by atoms with Crippen molar-refractivity contribution in [2.24, 2.45) is 0 Å². The number of likely N-dealkylation sites (N-methyl/N-ethyl adjacent to an activating group) is 1. The summed E-state index contributed by atoms with van der Waals surface area (Å²) in [5.74, 6) is 1.59. The first-order valence-electron chi connectivity index (χ1n) is 19.6. The summed E-state index contributed by atoms with van der Waals surface area (Å²) in [4.78, 5) is 25.1. The Hall–Kier alpha value is -4.62. The van der Waals surface area contributed by atoms with Gasteiger partial charge < -0.3 is 47.6 Å². The Balaban J connectivity index is 1.12. The third-order valence-electron chi connectivity index (χ3n) is 11.6. The van der Waals surface area contributed by atoms with E-state index in [0.717, 1.165) is 96.7 Å². The molecular weight excluding hydrogens is 716 g/mol. The number of likely N-dealkylation sites (tertiary alicyclic amines) is 1. The number of rotatable bonds is 20. The molecule has 0 aliphatic carbocycles. The molecule has 2 heterocycles. The summed E-state index contributed by atoms with van der Waals surface area (Å²) in [6.07, 6.45) is 7.46. The molecule has 0 amide bonds. The van der Waals surface area contributed by atoms with E-state index in [1.807, 2.05) is 42.5 Å². The number of quaternary nitrogens is 2. The summed E-state index contributed by atoms with van der Waals surface area (Å²) < 4.78 is 34.5. The second-order valence-electron chi connectivity index (χ2n) is 15.2. The normalized spacial score (nSPS) is 18.7. The second-order valence-corrected chi connectivity index (χ2v) is 15.2. The van der Waals surface area contributed by atoms with E-state index in [1.54, 1.807) is 28.4 Å². The van der Waals surface area contributed by atoms with Crippen LogP contribution in [0.1, 0.15) is 65.1 Å². The van der Waals surface area contributed by atoms with Crippen molar-refractivity contribution in [1.82, 2.24) is 0 Å². The van der Waals surface area contributed by atoms with Crippen LogP contribution in [0, 0.1) is 0 Å². The van der Waals surface area contributed by atoms with Gasteiger partial charge in [0.1, 0.15) is 12.6 Å². The van der Waals surface area contributed by atoms with Crippen LogP contribution in [0.4, 0.5) is 0 Å². The zero-order valence-electron chi connectivity index (χ0n) is 33.7. The minimum Gasteiger partial charge on any atom is -0.493 e. The molecule has 304 valence electrons. The minimum absolute atomic E-state index is 0.0357. The van der Waals surface area contributed by atoms with Gasteiger partial charge in [0.25, 0.3) is 0 Å². The highest BCUT2D eigenvalue weighted by Gasteiger charge is 2.39. The average molecular weight is 777 g/mol. The number of hydrogen-bond donors (Lipinski definition) is 2. The number of hydrogen-bond acceptors (Lipinski definition) is 10. The monoisotopic (exact) mass is 776 g/mol. The van der Waals surface area contributed by atoms with Crippen molar-refractivity contribution in [3.05, 3.63) is 94.1 Å². The Morgan fingerprint density at radius 1 is 0.696 bits per heavy atom. The first-order chi connectivity index (χ1) is 27.1. The van der Waals surface area contributed by atoms with E-state index in [2.05, 4.69) is 13.1 Å². The molecule has 2 aliphatic rings. The van der Waals surface area contributed by atoms with Gasteiger partial charge in [-0.1, -0.05) is 12.1 Å². The molecule has 1 saturated heterocycles. The van der Waals surface area contributed by atoms with Crippen LogP contribution in [-0.2, 0) is 51.7 Å². The summed E-state index contributed by atoms with van der Waals surface area (Å²) in [5, 5.41) is 20.1. The van der Waals surface area contributed by atoms with Gasteiger partial charge in [-0.25, -0.2) is 9.59 Å². The number of carbonyl (C=O) groups is 2. The molecule has 2 atom stereocenters. The maximum atomic E-state index is 12.6. The van der Waals surface area contributed by atoms with Crippen molar-refractivity contribution in [1.29, 1.82) is 0 Å². The summed E-state index contributed by atoms with van der Waals surface area (Å²) in [6.45, 7) is 5.69. The van der Waals surface area contributed by atoms with E-state index in [4.69, 9.17) is 28.4 Å². The average Bonchev–Trinajstić information content (AvgIpc) is 3.68. The molecule has 12 heteroatoms. The third-order valence-corrected chi connectivity index (χ3v) is 11.6. The van der Waals surface area contributed by atoms with Crippen LogP contribution >= 0.6 is 0 Å². The lowest BCUT2D eigenvalue weighted by molar-refractivity contribution is -0.941. The van der Waals surface area contributed by atoms with Gasteiger partial charge in [0.2, 0.25) is 0 Å². The second kappa shape index (κ2) is 20.0. The summed E-state index contributed by atoms with van der Waals surface area (Å²) in [6, 6.07) is 16.1. The predicted octanol–water partition coefficient (Wildman–Crippen LogP) is 5.23. The number of ether oxygens (including phenoxy) is 6. The number of methoxy groups -OCH3 is 4. The highest BCUT2D eigenvalue weighted by atomic mass is 16.5. The van der Waals surface area contributed by atoms with Gasteiger partial charge in [-0.05, 0) is 58.7 Å². The van der Waals surface area contributed by atoms with Gasteiger partial charge in [-0.15, -0.1) is 0 Å². The third kappa shape index (κ3) is 10.6. The fourth-order valence-electron chi connectivity index (χ4n) is 8.51. The largest absolute Gasteiger partial charge is 0.493 e. The van der Waals surface area contributed by atoms with Crippen LogP contribution in [0.25, 0.3) is 0 Å². The van der Waals surface area contributed by atoms with Gasteiger partial charge in [0.15, 0.2) is 23.0 Å². The van der Waals surface area contributed by atoms with E-state index < -0.39 is 11.9 Å². The molecular formula is C44H60N2O10+2. The summed E-state index contributed by atoms with van der Waals surface area (Å²) in [5.41, 5.74) is 6.04. The number of esters is 2. The van der Waals surface area contributed by atoms with Crippen LogP contribution in [0.3, 0.4) is 0 Å². The molecule has 2 N–H and O–H groups in total. The zero-order valence-corrected chi connectivity index (χ0v) is 33.7. The topological polar surface area (TPSA) is 130 Å². The number of aliphatic hydroxyl groups excluding tert-OH is 2. The maximum absolute atomic E-state index is 12.6.